The molecule has 1 aliphatic heterocycles. The maximum atomic E-state index is 5.51. The molecule has 2 heteroatoms. The van der Waals surface area contributed by atoms with Crippen LogP contribution in [0.3, 0.4) is 0 Å². The lowest BCUT2D eigenvalue weighted by molar-refractivity contribution is 0.0636. The molecule has 0 aromatic heterocycles. The standard InChI is InChI=1S/C6H13NO/c7-6-4-2-1-3-5-8-6/h6H,1-5,7H2/t6-/m0/s1. The number of hydrogen-bond acceptors (Lipinski definition) is 2. The van der Waals surface area contributed by atoms with Gasteiger partial charge in [0.05, 0.1) is 0 Å². The van der Waals surface area contributed by atoms with E-state index < -0.39 is 0 Å². The monoisotopic (exact) mass is 115 g/mol. The van der Waals surface area contributed by atoms with E-state index >= 15 is 0 Å². The van der Waals surface area contributed by atoms with Crippen molar-refractivity contribution in [2.45, 2.75) is 31.9 Å². The Morgan fingerprint density at radius 3 is 3.00 bits per heavy atom. The predicted molar refractivity (Wildman–Crippen MR) is 32.4 cm³/mol. The molecule has 48 valence electrons. The van der Waals surface area contributed by atoms with Crippen LogP contribution in [0.15, 0.2) is 0 Å². The zero-order valence-corrected chi connectivity index (χ0v) is 5.10. The van der Waals surface area contributed by atoms with Gasteiger partial charge in [0.15, 0.2) is 0 Å². The summed E-state index contributed by atoms with van der Waals surface area (Å²) >= 11 is 0. The van der Waals surface area contributed by atoms with Crippen LogP contribution in [0.1, 0.15) is 25.7 Å². The smallest absolute Gasteiger partial charge is 0.105 e. The Morgan fingerprint density at radius 1 is 1.25 bits per heavy atom. The predicted octanol–water partition coefficient (Wildman–Crippen LogP) is 0.862. The molecule has 0 unspecified atom stereocenters. The Hall–Kier alpha value is -0.0800. The first-order chi connectivity index (χ1) is 3.89. The number of nitrogens with two attached hydrogens (primary N) is 1. The molecule has 1 aliphatic rings. The summed E-state index contributed by atoms with van der Waals surface area (Å²) < 4.78 is 5.18. The Kier molecular flexibility index (Phi) is 2.30. The third-order valence-corrected chi connectivity index (χ3v) is 1.46. The van der Waals surface area contributed by atoms with Crippen LogP contribution < -0.4 is 5.73 Å². The van der Waals surface area contributed by atoms with E-state index in [2.05, 4.69) is 0 Å². The number of ether oxygens (including phenoxy) is 1. The minimum absolute atomic E-state index is 0.0255. The molecule has 1 heterocycles. The zero-order chi connectivity index (χ0) is 5.82. The highest BCUT2D eigenvalue weighted by Gasteiger charge is 2.05. The van der Waals surface area contributed by atoms with Crippen molar-refractivity contribution in [3.8, 4) is 0 Å². The minimum Gasteiger partial charge on any atom is -0.364 e. The Bertz CT molecular complexity index is 57.5. The SMILES string of the molecule is N[C@@H]1CCCCCO1. The van der Waals surface area contributed by atoms with Crippen LogP contribution >= 0.6 is 0 Å². The van der Waals surface area contributed by atoms with Gasteiger partial charge < -0.3 is 10.5 Å². The normalized spacial score (nSPS) is 31.9. The molecular formula is C6H13NO. The van der Waals surface area contributed by atoms with Gasteiger partial charge in [0.1, 0.15) is 6.23 Å². The summed E-state index contributed by atoms with van der Waals surface area (Å²) in [5.74, 6) is 0. The van der Waals surface area contributed by atoms with Gasteiger partial charge in [-0.2, -0.15) is 0 Å². The molecular weight excluding hydrogens is 102 g/mol. The van der Waals surface area contributed by atoms with E-state index in [9.17, 15) is 0 Å². The van der Waals surface area contributed by atoms with Crippen LogP contribution in [0.4, 0.5) is 0 Å². The van der Waals surface area contributed by atoms with Gasteiger partial charge in [-0.15, -0.1) is 0 Å². The van der Waals surface area contributed by atoms with Crippen LogP contribution in [0, 0.1) is 0 Å². The molecule has 0 spiro atoms. The van der Waals surface area contributed by atoms with Crippen LogP contribution in [0.25, 0.3) is 0 Å². The highest BCUT2D eigenvalue weighted by Crippen LogP contribution is 2.08. The second-order valence-electron chi connectivity index (χ2n) is 2.26. The first-order valence-corrected chi connectivity index (χ1v) is 3.27. The van der Waals surface area contributed by atoms with Gasteiger partial charge in [0.25, 0.3) is 0 Å². The summed E-state index contributed by atoms with van der Waals surface area (Å²) in [5, 5.41) is 0. The Morgan fingerprint density at radius 2 is 2.12 bits per heavy atom. The van der Waals surface area contributed by atoms with E-state index in [0.717, 1.165) is 13.0 Å². The highest BCUT2D eigenvalue weighted by molar-refractivity contribution is 4.54. The average Bonchev–Trinajstić information content (AvgIpc) is 1.94. The third kappa shape index (κ3) is 1.80. The topological polar surface area (TPSA) is 35.2 Å². The van der Waals surface area contributed by atoms with Gasteiger partial charge in [0, 0.05) is 6.61 Å². The molecule has 0 aromatic rings. The molecule has 2 N–H and O–H groups in total. The van der Waals surface area contributed by atoms with Crippen LogP contribution in [0.2, 0.25) is 0 Å². The Balaban J connectivity index is 2.17. The van der Waals surface area contributed by atoms with Gasteiger partial charge in [-0.1, -0.05) is 6.42 Å². The summed E-state index contributed by atoms with van der Waals surface area (Å²) in [4.78, 5) is 0. The fraction of sp³-hybridized carbons (Fsp3) is 1.00. The van der Waals surface area contributed by atoms with E-state index in [-0.39, 0.29) is 6.23 Å². The molecule has 1 atom stereocenters. The van der Waals surface area contributed by atoms with Crippen molar-refractivity contribution in [2.24, 2.45) is 5.73 Å². The van der Waals surface area contributed by atoms with Gasteiger partial charge in [0.2, 0.25) is 0 Å². The van der Waals surface area contributed by atoms with E-state index in [4.69, 9.17) is 10.5 Å². The number of hydrogen-bond donors (Lipinski definition) is 1. The molecule has 0 aromatic carbocycles. The molecule has 0 amide bonds. The zero-order valence-electron chi connectivity index (χ0n) is 5.10. The molecule has 0 saturated carbocycles. The molecule has 2 nitrogen and oxygen atoms in total. The molecule has 1 fully saturated rings. The quantitative estimate of drug-likeness (QED) is 0.508. The molecule has 0 aliphatic carbocycles. The van der Waals surface area contributed by atoms with Crippen LogP contribution in [-0.4, -0.2) is 12.8 Å². The molecule has 0 radical (unpaired) electrons. The van der Waals surface area contributed by atoms with E-state index in [1.54, 1.807) is 0 Å². The van der Waals surface area contributed by atoms with Crippen molar-refractivity contribution in [1.29, 1.82) is 0 Å². The Labute approximate surface area is 50.0 Å². The number of rotatable bonds is 0. The summed E-state index contributed by atoms with van der Waals surface area (Å²) in [6, 6.07) is 0. The van der Waals surface area contributed by atoms with E-state index in [0.29, 0.717) is 0 Å². The summed E-state index contributed by atoms with van der Waals surface area (Å²) in [6.45, 7) is 0.862. The summed E-state index contributed by atoms with van der Waals surface area (Å²) in [6.07, 6.45) is 4.78. The summed E-state index contributed by atoms with van der Waals surface area (Å²) in [7, 11) is 0. The van der Waals surface area contributed by atoms with Gasteiger partial charge in [-0.3, -0.25) is 0 Å². The first kappa shape index (κ1) is 6.05. The second-order valence-corrected chi connectivity index (χ2v) is 2.26. The molecule has 0 bridgehead atoms. The largest absolute Gasteiger partial charge is 0.364 e. The fourth-order valence-corrected chi connectivity index (χ4v) is 0.942. The minimum atomic E-state index is 0.0255. The van der Waals surface area contributed by atoms with Crippen molar-refractivity contribution in [3.63, 3.8) is 0 Å². The lowest BCUT2D eigenvalue weighted by atomic mass is 10.2. The highest BCUT2D eigenvalue weighted by atomic mass is 16.5. The fourth-order valence-electron chi connectivity index (χ4n) is 0.942. The van der Waals surface area contributed by atoms with Gasteiger partial charge in [-0.05, 0) is 19.3 Å². The van der Waals surface area contributed by atoms with Crippen molar-refractivity contribution >= 4 is 0 Å². The van der Waals surface area contributed by atoms with Crippen LogP contribution in [-0.2, 0) is 4.74 Å². The molecule has 8 heavy (non-hydrogen) atoms. The van der Waals surface area contributed by atoms with Crippen LogP contribution in [0.5, 0.6) is 0 Å². The lowest BCUT2D eigenvalue weighted by Crippen LogP contribution is -2.22. The maximum absolute atomic E-state index is 5.51. The van der Waals surface area contributed by atoms with Crippen molar-refractivity contribution in [3.05, 3.63) is 0 Å². The van der Waals surface area contributed by atoms with Crippen molar-refractivity contribution in [2.75, 3.05) is 6.61 Å². The van der Waals surface area contributed by atoms with E-state index in [1.807, 2.05) is 0 Å². The average molecular weight is 115 g/mol. The lowest BCUT2D eigenvalue weighted by Gasteiger charge is -2.05. The third-order valence-electron chi connectivity index (χ3n) is 1.46. The van der Waals surface area contributed by atoms with E-state index in [1.165, 1.54) is 19.3 Å². The van der Waals surface area contributed by atoms with Gasteiger partial charge in [-0.25, -0.2) is 0 Å². The van der Waals surface area contributed by atoms with Crippen molar-refractivity contribution < 1.29 is 4.74 Å². The molecule has 1 saturated heterocycles. The molecule has 1 rings (SSSR count). The van der Waals surface area contributed by atoms with Crippen molar-refractivity contribution in [1.82, 2.24) is 0 Å². The first-order valence-electron chi connectivity index (χ1n) is 3.27. The second kappa shape index (κ2) is 3.05. The van der Waals surface area contributed by atoms with Gasteiger partial charge >= 0.3 is 0 Å². The summed E-state index contributed by atoms with van der Waals surface area (Å²) in [5.41, 5.74) is 5.51. The maximum Gasteiger partial charge on any atom is 0.105 e.